The summed E-state index contributed by atoms with van der Waals surface area (Å²) in [4.78, 5) is 11.7. The number of nitrogens with zero attached hydrogens (tertiary/aromatic N) is 1. The average Bonchev–Trinajstić information content (AvgIpc) is 2.14. The Hall–Kier alpha value is -1.76. The Kier molecular flexibility index (Phi) is 2.70. The van der Waals surface area contributed by atoms with E-state index in [1.165, 1.54) is 24.3 Å². The molecular formula is C10H11NO5S. The van der Waals surface area contributed by atoms with Gasteiger partial charge < -0.3 is 15.1 Å². The quantitative estimate of drug-likeness (QED) is 0.805. The van der Waals surface area contributed by atoms with Gasteiger partial charge in [0.2, 0.25) is 0 Å². The summed E-state index contributed by atoms with van der Waals surface area (Å²) < 4.78 is 24.0. The van der Waals surface area contributed by atoms with Crippen molar-refractivity contribution in [2.45, 2.75) is 10.1 Å². The first-order valence-electron chi connectivity index (χ1n) is 4.92. The molecular weight excluding hydrogens is 246 g/mol. The Labute approximate surface area is 98.0 Å². The monoisotopic (exact) mass is 257 g/mol. The average molecular weight is 257 g/mol. The molecule has 1 aliphatic rings. The smallest absolute Gasteiger partial charge is 0.407 e. The Morgan fingerprint density at radius 2 is 1.76 bits per heavy atom. The molecule has 0 aromatic heterocycles. The highest BCUT2D eigenvalue weighted by Crippen LogP contribution is 2.24. The lowest BCUT2D eigenvalue weighted by molar-refractivity contribution is 0.120. The number of benzene rings is 1. The summed E-state index contributed by atoms with van der Waals surface area (Å²) in [6.45, 7) is -0.00289. The van der Waals surface area contributed by atoms with Gasteiger partial charge in [0.05, 0.1) is 4.90 Å². The number of sulfone groups is 1. The number of phenols is 1. The van der Waals surface area contributed by atoms with Crippen LogP contribution >= 0.6 is 0 Å². The molecule has 1 fully saturated rings. The summed E-state index contributed by atoms with van der Waals surface area (Å²) in [5.41, 5.74) is 0. The van der Waals surface area contributed by atoms with Crippen LogP contribution in [0.15, 0.2) is 29.2 Å². The first-order chi connectivity index (χ1) is 7.91. The van der Waals surface area contributed by atoms with Crippen molar-refractivity contribution < 1.29 is 23.4 Å². The molecule has 1 aromatic rings. The molecule has 0 unspecified atom stereocenters. The van der Waals surface area contributed by atoms with Crippen molar-refractivity contribution in [2.24, 2.45) is 0 Å². The van der Waals surface area contributed by atoms with Crippen LogP contribution in [0.5, 0.6) is 5.75 Å². The number of amides is 1. The highest BCUT2D eigenvalue weighted by atomic mass is 32.2. The van der Waals surface area contributed by atoms with Gasteiger partial charge in [-0.25, -0.2) is 13.2 Å². The number of carbonyl (C=O) groups is 1. The van der Waals surface area contributed by atoms with Gasteiger partial charge in [0.1, 0.15) is 11.0 Å². The third-order valence-corrected chi connectivity index (χ3v) is 4.83. The Morgan fingerprint density at radius 3 is 2.24 bits per heavy atom. The number of phenolic OH excluding ortho intramolecular Hbond substituents is 1. The summed E-state index contributed by atoms with van der Waals surface area (Å²) >= 11 is 0. The zero-order chi connectivity index (χ0) is 12.6. The number of carboxylic acid groups (broad SMARTS) is 1. The van der Waals surface area contributed by atoms with Crippen LogP contribution in [-0.2, 0) is 9.84 Å². The van der Waals surface area contributed by atoms with Crippen molar-refractivity contribution in [3.05, 3.63) is 24.3 Å². The predicted octanol–water partition coefficient (Wildman–Crippen LogP) is 0.528. The van der Waals surface area contributed by atoms with Gasteiger partial charge in [-0.1, -0.05) is 0 Å². The molecule has 0 saturated carbocycles. The minimum atomic E-state index is -3.50. The van der Waals surface area contributed by atoms with Gasteiger partial charge in [-0.15, -0.1) is 0 Å². The lowest BCUT2D eigenvalue weighted by atomic mass is 10.2. The molecule has 1 aromatic carbocycles. The van der Waals surface area contributed by atoms with E-state index in [4.69, 9.17) is 10.2 Å². The molecule has 2 rings (SSSR count). The first-order valence-corrected chi connectivity index (χ1v) is 6.46. The zero-order valence-corrected chi connectivity index (χ0v) is 9.59. The standard InChI is InChI=1S/C10H11NO5S/c12-7-1-3-8(4-2-7)17(15,16)9-5-11(6-9)10(13)14/h1-4,9,12H,5-6H2,(H,13,14). The molecule has 0 aliphatic carbocycles. The predicted molar refractivity (Wildman–Crippen MR) is 58.7 cm³/mol. The van der Waals surface area contributed by atoms with Gasteiger partial charge in [0.15, 0.2) is 9.84 Å². The number of aromatic hydroxyl groups is 1. The van der Waals surface area contributed by atoms with Crippen molar-refractivity contribution in [2.75, 3.05) is 13.1 Å². The lowest BCUT2D eigenvalue weighted by Gasteiger charge is -2.36. The van der Waals surface area contributed by atoms with Crippen molar-refractivity contribution in [3.63, 3.8) is 0 Å². The van der Waals surface area contributed by atoms with Gasteiger partial charge in [-0.05, 0) is 24.3 Å². The largest absolute Gasteiger partial charge is 0.508 e. The maximum absolute atomic E-state index is 12.0. The van der Waals surface area contributed by atoms with Crippen LogP contribution in [0.1, 0.15) is 0 Å². The van der Waals surface area contributed by atoms with E-state index in [-0.39, 0.29) is 23.7 Å². The van der Waals surface area contributed by atoms with E-state index in [0.29, 0.717) is 0 Å². The van der Waals surface area contributed by atoms with E-state index in [1.54, 1.807) is 0 Å². The van der Waals surface area contributed by atoms with Gasteiger partial charge in [0.25, 0.3) is 0 Å². The normalized spacial score (nSPS) is 16.6. The van der Waals surface area contributed by atoms with Crippen LogP contribution in [-0.4, -0.2) is 48.0 Å². The van der Waals surface area contributed by atoms with E-state index in [0.717, 1.165) is 4.90 Å². The van der Waals surface area contributed by atoms with Gasteiger partial charge in [0, 0.05) is 13.1 Å². The lowest BCUT2D eigenvalue weighted by Crippen LogP contribution is -2.56. The van der Waals surface area contributed by atoms with E-state index in [9.17, 15) is 13.2 Å². The van der Waals surface area contributed by atoms with Crippen molar-refractivity contribution in [3.8, 4) is 5.75 Å². The zero-order valence-electron chi connectivity index (χ0n) is 8.78. The molecule has 17 heavy (non-hydrogen) atoms. The van der Waals surface area contributed by atoms with Crippen LogP contribution < -0.4 is 0 Å². The molecule has 92 valence electrons. The minimum absolute atomic E-state index is 0.00145. The second-order valence-electron chi connectivity index (χ2n) is 3.85. The summed E-state index contributed by atoms with van der Waals surface area (Å²) in [5, 5.41) is 17.0. The molecule has 1 saturated heterocycles. The highest BCUT2D eigenvalue weighted by Gasteiger charge is 2.40. The Bertz CT molecular complexity index is 530. The molecule has 0 atom stereocenters. The number of likely N-dealkylation sites (tertiary alicyclic amines) is 1. The van der Waals surface area contributed by atoms with Crippen LogP contribution in [0, 0.1) is 0 Å². The van der Waals surface area contributed by atoms with Crippen LogP contribution in [0.3, 0.4) is 0 Å². The first kappa shape index (κ1) is 11.7. The summed E-state index contributed by atoms with van der Waals surface area (Å²) in [7, 11) is -3.50. The number of rotatable bonds is 2. The topological polar surface area (TPSA) is 94.9 Å². The fourth-order valence-electron chi connectivity index (χ4n) is 1.62. The summed E-state index contributed by atoms with van der Waals surface area (Å²) in [5.74, 6) is -0.00952. The van der Waals surface area contributed by atoms with E-state index < -0.39 is 21.2 Å². The van der Waals surface area contributed by atoms with Crippen molar-refractivity contribution >= 4 is 15.9 Å². The molecule has 7 heteroatoms. The Morgan fingerprint density at radius 1 is 1.24 bits per heavy atom. The number of hydrogen-bond donors (Lipinski definition) is 2. The van der Waals surface area contributed by atoms with E-state index >= 15 is 0 Å². The second kappa shape index (κ2) is 3.92. The highest BCUT2D eigenvalue weighted by molar-refractivity contribution is 7.92. The van der Waals surface area contributed by atoms with Crippen molar-refractivity contribution in [1.82, 2.24) is 4.90 Å². The van der Waals surface area contributed by atoms with Crippen LogP contribution in [0.2, 0.25) is 0 Å². The van der Waals surface area contributed by atoms with Gasteiger partial charge in [-0.3, -0.25) is 0 Å². The fourth-order valence-corrected chi connectivity index (χ4v) is 3.27. The van der Waals surface area contributed by atoms with Gasteiger partial charge in [-0.2, -0.15) is 0 Å². The minimum Gasteiger partial charge on any atom is -0.508 e. The number of hydrogen-bond acceptors (Lipinski definition) is 4. The third kappa shape index (κ3) is 2.05. The molecule has 2 N–H and O–H groups in total. The van der Waals surface area contributed by atoms with E-state index in [2.05, 4.69) is 0 Å². The third-order valence-electron chi connectivity index (χ3n) is 2.72. The molecule has 0 bridgehead atoms. The fraction of sp³-hybridized carbons (Fsp3) is 0.300. The molecule has 1 heterocycles. The summed E-state index contributed by atoms with van der Waals surface area (Å²) in [6, 6.07) is 5.21. The maximum atomic E-state index is 12.0. The van der Waals surface area contributed by atoms with Crippen LogP contribution in [0.4, 0.5) is 4.79 Å². The second-order valence-corrected chi connectivity index (χ2v) is 6.08. The molecule has 1 amide bonds. The molecule has 0 spiro atoms. The van der Waals surface area contributed by atoms with Crippen molar-refractivity contribution in [1.29, 1.82) is 0 Å². The van der Waals surface area contributed by atoms with E-state index in [1.807, 2.05) is 0 Å². The molecule has 0 radical (unpaired) electrons. The van der Waals surface area contributed by atoms with Gasteiger partial charge >= 0.3 is 6.09 Å². The maximum Gasteiger partial charge on any atom is 0.407 e. The SMILES string of the molecule is O=C(O)N1CC(S(=O)(=O)c2ccc(O)cc2)C1. The molecule has 1 aliphatic heterocycles. The molecule has 6 nitrogen and oxygen atoms in total. The Balaban J connectivity index is 2.16. The van der Waals surface area contributed by atoms with Crippen LogP contribution in [0.25, 0.3) is 0 Å². The summed E-state index contributed by atoms with van der Waals surface area (Å²) in [6.07, 6.45) is -1.11.